The molecule has 0 amide bonds. The number of ether oxygens (including phenoxy) is 1. The van der Waals surface area contributed by atoms with Crippen molar-refractivity contribution in [3.63, 3.8) is 0 Å². The van der Waals surface area contributed by atoms with Crippen LogP contribution in [-0.2, 0) is 13.6 Å². The average Bonchev–Trinajstić information content (AvgIpc) is 2.49. The number of unbranched alkanes of at least 4 members (excludes halogenated alkanes) is 2. The third kappa shape index (κ3) is 3.37. The Kier molecular flexibility index (Phi) is 7.74. The van der Waals surface area contributed by atoms with Crippen LogP contribution in [0.2, 0.25) is 6.04 Å². The minimum absolute atomic E-state index is 0.135. The number of thiol groups is 1. The van der Waals surface area contributed by atoms with E-state index in [0.29, 0.717) is 0 Å². The zero-order valence-corrected chi connectivity index (χ0v) is 16.4. The lowest BCUT2D eigenvalue weighted by Gasteiger charge is -2.57. The van der Waals surface area contributed by atoms with Gasteiger partial charge in [0, 0.05) is 26.1 Å². The van der Waals surface area contributed by atoms with Crippen molar-refractivity contribution in [2.24, 2.45) is 0 Å². The lowest BCUT2D eigenvalue weighted by atomic mass is 9.86. The van der Waals surface area contributed by atoms with Gasteiger partial charge in [-0.05, 0) is 31.7 Å². The summed E-state index contributed by atoms with van der Waals surface area (Å²) >= 11 is 5.19. The summed E-state index contributed by atoms with van der Waals surface area (Å²) in [6, 6.07) is 1.00. The van der Waals surface area contributed by atoms with Crippen LogP contribution < -0.4 is 0 Å². The molecule has 0 bridgehead atoms. The van der Waals surface area contributed by atoms with Gasteiger partial charge in [0.15, 0.2) is 0 Å². The first-order chi connectivity index (χ1) is 10.0. The molecule has 1 saturated heterocycles. The average molecular weight is 335 g/mol. The second-order valence-electron chi connectivity index (χ2n) is 6.28. The molecule has 0 aromatic heterocycles. The van der Waals surface area contributed by atoms with Crippen LogP contribution in [0, 0.1) is 0 Å². The van der Waals surface area contributed by atoms with Gasteiger partial charge in [0.2, 0.25) is 0 Å². The molecule has 0 spiro atoms. The molecule has 0 N–H and O–H groups in total. The van der Waals surface area contributed by atoms with Crippen LogP contribution in [0.25, 0.3) is 0 Å². The molecule has 1 fully saturated rings. The SMILES string of the molecule is CCCCCC1(S)CCC[Si](OC)(OC)C1(CCC)OC. The second-order valence-corrected chi connectivity index (χ2v) is 10.8. The monoisotopic (exact) mass is 334 g/mol. The molecule has 126 valence electrons. The number of rotatable bonds is 9. The first-order valence-corrected chi connectivity index (χ1v) is 10.9. The minimum atomic E-state index is -2.43. The van der Waals surface area contributed by atoms with Crippen LogP contribution in [0.3, 0.4) is 0 Å². The highest BCUT2D eigenvalue weighted by molar-refractivity contribution is 7.82. The molecule has 1 heterocycles. The quantitative estimate of drug-likeness (QED) is 0.382. The fourth-order valence-electron chi connectivity index (χ4n) is 4.21. The van der Waals surface area contributed by atoms with E-state index in [1.807, 2.05) is 7.11 Å². The molecule has 0 aliphatic carbocycles. The van der Waals surface area contributed by atoms with Crippen molar-refractivity contribution in [1.29, 1.82) is 0 Å². The molecule has 0 aromatic rings. The van der Waals surface area contributed by atoms with E-state index < -0.39 is 8.56 Å². The van der Waals surface area contributed by atoms with Gasteiger partial charge in [-0.1, -0.05) is 39.5 Å². The standard InChI is InChI=1S/C16H34O3SSi/c1-6-8-9-12-15(20)13-10-14-21(18-4,19-5)16(15,17-3)11-7-2/h20H,6-14H2,1-5H3. The molecule has 1 aliphatic heterocycles. The molecular weight excluding hydrogens is 300 g/mol. The molecule has 2 atom stereocenters. The Morgan fingerprint density at radius 3 is 2.14 bits per heavy atom. The summed E-state index contributed by atoms with van der Waals surface area (Å²) in [5.41, 5.74) is 0. The summed E-state index contributed by atoms with van der Waals surface area (Å²) < 4.78 is 18.1. The van der Waals surface area contributed by atoms with Crippen molar-refractivity contribution in [3.05, 3.63) is 0 Å². The van der Waals surface area contributed by atoms with Crippen LogP contribution >= 0.6 is 12.6 Å². The van der Waals surface area contributed by atoms with Gasteiger partial charge in [0.05, 0.1) is 0 Å². The topological polar surface area (TPSA) is 27.7 Å². The molecular formula is C16H34O3SSi. The van der Waals surface area contributed by atoms with Gasteiger partial charge in [-0.3, -0.25) is 0 Å². The van der Waals surface area contributed by atoms with Gasteiger partial charge in [-0.2, -0.15) is 12.6 Å². The van der Waals surface area contributed by atoms with Crippen LogP contribution in [0.15, 0.2) is 0 Å². The fraction of sp³-hybridized carbons (Fsp3) is 1.00. The maximum atomic E-state index is 6.20. The van der Waals surface area contributed by atoms with Crippen molar-refractivity contribution in [3.8, 4) is 0 Å². The van der Waals surface area contributed by atoms with E-state index >= 15 is 0 Å². The normalized spacial score (nSPS) is 32.3. The van der Waals surface area contributed by atoms with Crippen LogP contribution in [-0.4, -0.2) is 39.9 Å². The van der Waals surface area contributed by atoms with Crippen molar-refractivity contribution in [1.82, 2.24) is 0 Å². The summed E-state index contributed by atoms with van der Waals surface area (Å²) in [4.78, 5) is 0. The van der Waals surface area contributed by atoms with Gasteiger partial charge in [0.1, 0.15) is 5.22 Å². The third-order valence-electron chi connectivity index (χ3n) is 5.27. The predicted octanol–water partition coefficient (Wildman–Crippen LogP) is 4.49. The van der Waals surface area contributed by atoms with Gasteiger partial charge in [0.25, 0.3) is 0 Å². The number of hydrogen-bond donors (Lipinski definition) is 1. The van der Waals surface area contributed by atoms with Crippen LogP contribution in [0.4, 0.5) is 0 Å². The van der Waals surface area contributed by atoms with Crippen molar-refractivity contribution in [2.45, 2.75) is 81.2 Å². The Morgan fingerprint density at radius 2 is 1.67 bits per heavy atom. The molecule has 3 nitrogen and oxygen atoms in total. The highest BCUT2D eigenvalue weighted by Crippen LogP contribution is 2.54. The second kappa shape index (κ2) is 8.34. The largest absolute Gasteiger partial charge is 0.396 e. The molecule has 5 heteroatoms. The third-order valence-corrected chi connectivity index (χ3v) is 10.8. The van der Waals surface area contributed by atoms with E-state index in [-0.39, 0.29) is 9.97 Å². The summed E-state index contributed by atoms with van der Waals surface area (Å²) in [6.07, 6.45) is 9.01. The van der Waals surface area contributed by atoms with Gasteiger partial charge >= 0.3 is 8.56 Å². The zero-order chi connectivity index (χ0) is 16.0. The van der Waals surface area contributed by atoms with Gasteiger partial charge < -0.3 is 13.6 Å². The molecule has 0 aromatic carbocycles. The first-order valence-electron chi connectivity index (χ1n) is 8.39. The molecule has 0 radical (unpaired) electrons. The molecule has 0 saturated carbocycles. The van der Waals surface area contributed by atoms with E-state index in [4.69, 9.17) is 26.2 Å². The maximum absolute atomic E-state index is 6.20. The Bertz CT molecular complexity index is 312. The van der Waals surface area contributed by atoms with Gasteiger partial charge in [-0.25, -0.2) is 0 Å². The summed E-state index contributed by atoms with van der Waals surface area (Å²) in [6.45, 7) is 4.45. The minimum Gasteiger partial charge on any atom is -0.396 e. The fourth-order valence-corrected chi connectivity index (χ4v) is 9.42. The highest BCUT2D eigenvalue weighted by Gasteiger charge is 2.68. The van der Waals surface area contributed by atoms with Crippen molar-refractivity contribution < 1.29 is 13.6 Å². The van der Waals surface area contributed by atoms with Crippen molar-refractivity contribution >= 4 is 21.2 Å². The Morgan fingerprint density at radius 1 is 1.00 bits per heavy atom. The van der Waals surface area contributed by atoms with E-state index in [9.17, 15) is 0 Å². The molecule has 21 heavy (non-hydrogen) atoms. The highest BCUT2D eigenvalue weighted by atomic mass is 32.1. The van der Waals surface area contributed by atoms with Crippen LogP contribution in [0.5, 0.6) is 0 Å². The lowest BCUT2D eigenvalue weighted by molar-refractivity contribution is -0.0416. The lowest BCUT2D eigenvalue weighted by Crippen LogP contribution is -2.74. The van der Waals surface area contributed by atoms with E-state index in [1.165, 1.54) is 19.3 Å². The van der Waals surface area contributed by atoms with Crippen molar-refractivity contribution in [2.75, 3.05) is 21.3 Å². The Balaban J connectivity index is 3.19. The first kappa shape index (κ1) is 19.5. The molecule has 1 aliphatic rings. The molecule has 1 rings (SSSR count). The number of hydrogen-bond acceptors (Lipinski definition) is 4. The van der Waals surface area contributed by atoms with E-state index in [0.717, 1.165) is 38.1 Å². The van der Waals surface area contributed by atoms with E-state index in [2.05, 4.69) is 13.8 Å². The Labute approximate surface area is 137 Å². The summed E-state index contributed by atoms with van der Waals surface area (Å²) in [5, 5.41) is -0.354. The summed E-state index contributed by atoms with van der Waals surface area (Å²) in [5.74, 6) is 0. The van der Waals surface area contributed by atoms with Gasteiger partial charge in [-0.15, -0.1) is 0 Å². The number of methoxy groups -OCH3 is 1. The Hall–Kier alpha value is 0.447. The van der Waals surface area contributed by atoms with Crippen LogP contribution in [0.1, 0.15) is 65.2 Å². The summed E-state index contributed by atoms with van der Waals surface area (Å²) in [7, 11) is 2.99. The smallest absolute Gasteiger partial charge is 0.372 e. The zero-order valence-electron chi connectivity index (χ0n) is 14.5. The van der Waals surface area contributed by atoms with E-state index in [1.54, 1.807) is 14.2 Å². The molecule has 2 unspecified atom stereocenters. The predicted molar refractivity (Wildman–Crippen MR) is 94.3 cm³/mol. The maximum Gasteiger partial charge on any atom is 0.372 e.